The number of carbonyl (C=O) groups is 1. The largest absolute Gasteiger partial charge is 0.379 e. The number of benzene rings is 2. The molecule has 3 N–H and O–H groups in total. The number of anilines is 1. The number of aryl methyl sites for hydroxylation is 1. The second-order valence-corrected chi connectivity index (χ2v) is 5.83. The summed E-state index contributed by atoms with van der Waals surface area (Å²) in [6.45, 7) is 6.23. The van der Waals surface area contributed by atoms with E-state index in [9.17, 15) is 4.79 Å². The molecule has 5 nitrogen and oxygen atoms in total. The van der Waals surface area contributed by atoms with E-state index in [4.69, 9.17) is 15.2 Å². The van der Waals surface area contributed by atoms with Gasteiger partial charge in [-0.15, -0.1) is 0 Å². The highest BCUT2D eigenvalue weighted by atomic mass is 16.5. The standard InChI is InChI=1S/C20H26N2O3/c1-3-24-11-12-25-14-16-5-4-6-18(13-16)22-20(23)19(21)17-9-7-15(2)8-10-17/h4-10,13,19H,3,11-12,14,21H2,1-2H3,(H,22,23). The first kappa shape index (κ1) is 19.1. The van der Waals surface area contributed by atoms with Crippen LogP contribution in [0, 0.1) is 6.92 Å². The molecule has 25 heavy (non-hydrogen) atoms. The van der Waals surface area contributed by atoms with E-state index in [-0.39, 0.29) is 5.91 Å². The van der Waals surface area contributed by atoms with Gasteiger partial charge in [-0.25, -0.2) is 0 Å². The SMILES string of the molecule is CCOCCOCc1cccc(NC(=O)C(N)c2ccc(C)cc2)c1. The predicted octanol–water partition coefficient (Wildman–Crippen LogP) is 3.19. The third-order valence-corrected chi connectivity index (χ3v) is 3.76. The maximum Gasteiger partial charge on any atom is 0.245 e. The number of amides is 1. The number of carbonyl (C=O) groups excluding carboxylic acids is 1. The summed E-state index contributed by atoms with van der Waals surface area (Å²) in [6.07, 6.45) is 0. The average Bonchev–Trinajstić information content (AvgIpc) is 2.62. The predicted molar refractivity (Wildman–Crippen MR) is 99.3 cm³/mol. The zero-order chi connectivity index (χ0) is 18.1. The molecule has 0 spiro atoms. The fourth-order valence-electron chi connectivity index (χ4n) is 2.34. The molecule has 5 heteroatoms. The Morgan fingerprint density at radius 3 is 2.56 bits per heavy atom. The second-order valence-electron chi connectivity index (χ2n) is 5.83. The Morgan fingerprint density at radius 1 is 1.12 bits per heavy atom. The number of nitrogens with one attached hydrogen (secondary N) is 1. The van der Waals surface area contributed by atoms with E-state index in [0.717, 1.165) is 16.7 Å². The summed E-state index contributed by atoms with van der Waals surface area (Å²) < 4.78 is 10.8. The normalized spacial score (nSPS) is 12.0. The van der Waals surface area contributed by atoms with E-state index in [0.29, 0.717) is 32.1 Å². The third kappa shape index (κ3) is 6.31. The van der Waals surface area contributed by atoms with Gasteiger partial charge in [0.25, 0.3) is 0 Å². The molecule has 1 unspecified atom stereocenters. The van der Waals surface area contributed by atoms with E-state index >= 15 is 0 Å². The van der Waals surface area contributed by atoms with Gasteiger partial charge in [-0.05, 0) is 37.1 Å². The third-order valence-electron chi connectivity index (χ3n) is 3.76. The fourth-order valence-corrected chi connectivity index (χ4v) is 2.34. The highest BCUT2D eigenvalue weighted by Crippen LogP contribution is 2.16. The van der Waals surface area contributed by atoms with Crippen molar-refractivity contribution in [1.29, 1.82) is 0 Å². The molecule has 0 bridgehead atoms. The van der Waals surface area contributed by atoms with Gasteiger partial charge in [0.1, 0.15) is 6.04 Å². The van der Waals surface area contributed by atoms with Crippen molar-refractivity contribution in [3.63, 3.8) is 0 Å². The van der Waals surface area contributed by atoms with Crippen LogP contribution in [0.5, 0.6) is 0 Å². The van der Waals surface area contributed by atoms with Gasteiger partial charge in [0.05, 0.1) is 19.8 Å². The Labute approximate surface area is 149 Å². The highest BCUT2D eigenvalue weighted by Gasteiger charge is 2.15. The molecule has 0 aliphatic rings. The van der Waals surface area contributed by atoms with E-state index in [2.05, 4.69) is 5.32 Å². The summed E-state index contributed by atoms with van der Waals surface area (Å²) in [6, 6.07) is 14.5. The summed E-state index contributed by atoms with van der Waals surface area (Å²) in [7, 11) is 0. The Hall–Kier alpha value is -2.21. The zero-order valence-corrected chi connectivity index (χ0v) is 14.8. The van der Waals surface area contributed by atoms with E-state index < -0.39 is 6.04 Å². The summed E-state index contributed by atoms with van der Waals surface area (Å²) in [5, 5.41) is 2.86. The lowest BCUT2D eigenvalue weighted by Crippen LogP contribution is -2.27. The lowest BCUT2D eigenvalue weighted by molar-refractivity contribution is -0.117. The minimum atomic E-state index is -0.702. The van der Waals surface area contributed by atoms with E-state index in [1.807, 2.05) is 62.4 Å². The molecule has 0 saturated carbocycles. The topological polar surface area (TPSA) is 73.6 Å². The van der Waals surface area contributed by atoms with Crippen molar-refractivity contribution < 1.29 is 14.3 Å². The zero-order valence-electron chi connectivity index (χ0n) is 14.8. The first-order valence-corrected chi connectivity index (χ1v) is 8.47. The molecule has 2 rings (SSSR count). The van der Waals surface area contributed by atoms with Gasteiger partial charge in [0, 0.05) is 12.3 Å². The van der Waals surface area contributed by atoms with Crippen LogP contribution in [0.15, 0.2) is 48.5 Å². The van der Waals surface area contributed by atoms with Gasteiger partial charge in [-0.3, -0.25) is 4.79 Å². The van der Waals surface area contributed by atoms with Gasteiger partial charge >= 0.3 is 0 Å². The van der Waals surface area contributed by atoms with Crippen LogP contribution < -0.4 is 11.1 Å². The van der Waals surface area contributed by atoms with Crippen LogP contribution in [-0.4, -0.2) is 25.7 Å². The van der Waals surface area contributed by atoms with Gasteiger partial charge in [-0.1, -0.05) is 42.0 Å². The molecule has 0 fully saturated rings. The molecule has 0 aliphatic carbocycles. The molecule has 0 aliphatic heterocycles. The maximum absolute atomic E-state index is 12.4. The number of rotatable bonds is 9. The van der Waals surface area contributed by atoms with Crippen LogP contribution in [0.2, 0.25) is 0 Å². The van der Waals surface area contributed by atoms with Crippen LogP contribution in [-0.2, 0) is 20.9 Å². The average molecular weight is 342 g/mol. The molecule has 0 radical (unpaired) electrons. The van der Waals surface area contributed by atoms with Crippen molar-refractivity contribution in [2.45, 2.75) is 26.5 Å². The lowest BCUT2D eigenvalue weighted by Gasteiger charge is -2.13. The summed E-state index contributed by atoms with van der Waals surface area (Å²) >= 11 is 0. The van der Waals surface area contributed by atoms with Gasteiger partial charge < -0.3 is 20.5 Å². The maximum atomic E-state index is 12.4. The van der Waals surface area contributed by atoms with Crippen LogP contribution in [0.3, 0.4) is 0 Å². The monoisotopic (exact) mass is 342 g/mol. The Morgan fingerprint density at radius 2 is 1.84 bits per heavy atom. The molecule has 0 heterocycles. The first-order valence-electron chi connectivity index (χ1n) is 8.47. The molecular formula is C20H26N2O3. The molecular weight excluding hydrogens is 316 g/mol. The van der Waals surface area contributed by atoms with Crippen molar-refractivity contribution in [3.05, 3.63) is 65.2 Å². The number of ether oxygens (including phenoxy) is 2. The summed E-state index contributed by atoms with van der Waals surface area (Å²) in [5.74, 6) is -0.238. The minimum Gasteiger partial charge on any atom is -0.379 e. The molecule has 0 saturated heterocycles. The number of nitrogens with two attached hydrogens (primary N) is 1. The minimum absolute atomic E-state index is 0.238. The number of hydrogen-bond donors (Lipinski definition) is 2. The van der Waals surface area contributed by atoms with E-state index in [1.165, 1.54) is 0 Å². The van der Waals surface area contributed by atoms with Gasteiger partial charge in [-0.2, -0.15) is 0 Å². The lowest BCUT2D eigenvalue weighted by atomic mass is 10.1. The van der Waals surface area contributed by atoms with E-state index in [1.54, 1.807) is 0 Å². The fraction of sp³-hybridized carbons (Fsp3) is 0.350. The van der Waals surface area contributed by atoms with Gasteiger partial charge in [0.2, 0.25) is 5.91 Å². The van der Waals surface area contributed by atoms with Crippen LogP contribution >= 0.6 is 0 Å². The quantitative estimate of drug-likeness (QED) is 0.687. The number of hydrogen-bond acceptors (Lipinski definition) is 4. The summed E-state index contributed by atoms with van der Waals surface area (Å²) in [5.41, 5.74) is 9.66. The van der Waals surface area contributed by atoms with Crippen molar-refractivity contribution in [2.24, 2.45) is 5.73 Å². The summed E-state index contributed by atoms with van der Waals surface area (Å²) in [4.78, 5) is 12.4. The van der Waals surface area contributed by atoms with Crippen molar-refractivity contribution >= 4 is 11.6 Å². The van der Waals surface area contributed by atoms with Crippen LogP contribution in [0.25, 0.3) is 0 Å². The molecule has 1 atom stereocenters. The Kier molecular flexibility index (Phi) is 7.60. The van der Waals surface area contributed by atoms with Crippen LogP contribution in [0.4, 0.5) is 5.69 Å². The first-order chi connectivity index (χ1) is 12.1. The van der Waals surface area contributed by atoms with Crippen molar-refractivity contribution in [2.75, 3.05) is 25.1 Å². The molecule has 2 aromatic rings. The molecule has 1 amide bonds. The van der Waals surface area contributed by atoms with Crippen LogP contribution in [0.1, 0.15) is 29.7 Å². The molecule has 0 aromatic heterocycles. The Balaban J connectivity index is 1.89. The van der Waals surface area contributed by atoms with Crippen molar-refractivity contribution in [1.82, 2.24) is 0 Å². The Bertz CT molecular complexity index is 671. The molecule has 134 valence electrons. The van der Waals surface area contributed by atoms with Crippen molar-refractivity contribution in [3.8, 4) is 0 Å². The smallest absolute Gasteiger partial charge is 0.245 e. The van der Waals surface area contributed by atoms with Gasteiger partial charge in [0.15, 0.2) is 0 Å². The molecule has 2 aromatic carbocycles. The second kappa shape index (κ2) is 9.93. The highest BCUT2D eigenvalue weighted by molar-refractivity contribution is 5.95.